The number of benzene rings is 1. The van der Waals surface area contributed by atoms with E-state index in [-0.39, 0.29) is 0 Å². The van der Waals surface area contributed by atoms with Crippen molar-refractivity contribution in [3.8, 4) is 0 Å². The van der Waals surface area contributed by atoms with E-state index in [9.17, 15) is 0 Å². The molecule has 0 bridgehead atoms. The Morgan fingerprint density at radius 1 is 1.00 bits per heavy atom. The fourth-order valence-electron chi connectivity index (χ4n) is 3.30. The van der Waals surface area contributed by atoms with Gasteiger partial charge in [-0.3, -0.25) is 9.97 Å². The highest BCUT2D eigenvalue weighted by molar-refractivity contribution is 7.80. The van der Waals surface area contributed by atoms with Crippen LogP contribution >= 0.6 is 12.2 Å². The molecule has 6 heteroatoms. The molecule has 0 saturated carbocycles. The molecule has 5 nitrogen and oxygen atoms in total. The van der Waals surface area contributed by atoms with Crippen LogP contribution in [0.4, 0.5) is 5.69 Å². The topological polar surface area (TPSA) is 44.3 Å². The van der Waals surface area contributed by atoms with Gasteiger partial charge in [0.1, 0.15) is 0 Å². The number of anilines is 1. The molecule has 0 amide bonds. The van der Waals surface area contributed by atoms with Crippen molar-refractivity contribution in [1.82, 2.24) is 20.2 Å². The summed E-state index contributed by atoms with van der Waals surface area (Å²) in [6, 6.07) is 14.4. The van der Waals surface area contributed by atoms with E-state index in [0.717, 1.165) is 42.4 Å². The monoisotopic (exact) mass is 363 g/mol. The average molecular weight is 363 g/mol. The third-order valence-corrected chi connectivity index (χ3v) is 5.10. The van der Waals surface area contributed by atoms with Crippen LogP contribution in [0.5, 0.6) is 0 Å². The maximum atomic E-state index is 5.57. The summed E-state index contributed by atoms with van der Waals surface area (Å²) in [4.78, 5) is 13.3. The second kappa shape index (κ2) is 7.66. The molecular weight excluding hydrogens is 342 g/mol. The highest BCUT2D eigenvalue weighted by atomic mass is 32.1. The van der Waals surface area contributed by atoms with Crippen LogP contribution in [0.3, 0.4) is 0 Å². The van der Waals surface area contributed by atoms with E-state index in [1.165, 1.54) is 11.1 Å². The number of hydrogen-bond donors (Lipinski definition) is 1. The Bertz CT molecular complexity index is 886. The van der Waals surface area contributed by atoms with Crippen molar-refractivity contribution >= 4 is 33.9 Å². The highest BCUT2D eigenvalue weighted by Gasteiger charge is 2.20. The highest BCUT2D eigenvalue weighted by Crippen LogP contribution is 2.25. The molecule has 0 unspecified atom stereocenters. The Labute approximate surface area is 158 Å². The smallest absolute Gasteiger partial charge is 0.169 e. The number of para-hydroxylation sites is 1. The number of rotatable bonds is 3. The number of pyridine rings is 2. The largest absolute Gasteiger partial charge is 0.367 e. The lowest BCUT2D eigenvalue weighted by Gasteiger charge is -2.37. The minimum absolute atomic E-state index is 0.710. The number of nitrogens with one attached hydrogen (secondary N) is 1. The van der Waals surface area contributed by atoms with Gasteiger partial charge in [-0.15, -0.1) is 0 Å². The van der Waals surface area contributed by atoms with Crippen molar-refractivity contribution in [2.24, 2.45) is 0 Å². The van der Waals surface area contributed by atoms with E-state index in [1.807, 2.05) is 24.5 Å². The van der Waals surface area contributed by atoms with Crippen LogP contribution in [0.15, 0.2) is 61.1 Å². The maximum Gasteiger partial charge on any atom is 0.169 e. The van der Waals surface area contributed by atoms with Crippen LogP contribution in [0.1, 0.15) is 5.56 Å². The van der Waals surface area contributed by atoms with Gasteiger partial charge in [0.2, 0.25) is 0 Å². The van der Waals surface area contributed by atoms with Gasteiger partial charge in [0, 0.05) is 62.4 Å². The van der Waals surface area contributed by atoms with Gasteiger partial charge in [-0.1, -0.05) is 24.3 Å². The predicted molar refractivity (Wildman–Crippen MR) is 109 cm³/mol. The normalized spacial score (nSPS) is 14.5. The molecule has 0 atom stereocenters. The molecule has 0 radical (unpaired) electrons. The number of piperazine rings is 1. The Hall–Kier alpha value is -2.73. The summed E-state index contributed by atoms with van der Waals surface area (Å²) in [6.07, 6.45) is 5.54. The zero-order chi connectivity index (χ0) is 17.8. The zero-order valence-electron chi connectivity index (χ0n) is 14.5. The quantitative estimate of drug-likeness (QED) is 0.722. The van der Waals surface area contributed by atoms with Crippen LogP contribution in [0.25, 0.3) is 10.9 Å². The molecule has 1 aliphatic heterocycles. The van der Waals surface area contributed by atoms with Gasteiger partial charge in [0.05, 0.1) is 5.52 Å². The predicted octanol–water partition coefficient (Wildman–Crippen LogP) is 2.83. The molecular formula is C20H21N5S. The van der Waals surface area contributed by atoms with Crippen molar-refractivity contribution in [1.29, 1.82) is 0 Å². The number of thiocarbonyl (C=S) groups is 1. The summed E-state index contributed by atoms with van der Waals surface area (Å²) in [5, 5.41) is 5.36. The first-order chi connectivity index (χ1) is 12.8. The van der Waals surface area contributed by atoms with Crippen molar-refractivity contribution in [3.05, 3.63) is 66.6 Å². The SMILES string of the molecule is S=C(NCc1cccnc1)N1CCN(c2ccnc3ccccc23)CC1. The number of nitrogens with zero attached hydrogens (tertiary/aromatic N) is 4. The maximum absolute atomic E-state index is 5.57. The standard InChI is InChI=1S/C20H21N5S/c26-20(23-15-16-4-3-8-21-14-16)25-12-10-24(11-13-25)19-7-9-22-18-6-2-1-5-17(18)19/h1-9,14H,10-13,15H2,(H,23,26). The Morgan fingerprint density at radius 2 is 1.85 bits per heavy atom. The van der Waals surface area contributed by atoms with Gasteiger partial charge < -0.3 is 15.1 Å². The van der Waals surface area contributed by atoms with Crippen molar-refractivity contribution in [2.75, 3.05) is 31.1 Å². The fourth-order valence-corrected chi connectivity index (χ4v) is 3.55. The molecule has 0 aliphatic carbocycles. The lowest BCUT2D eigenvalue weighted by atomic mass is 10.1. The van der Waals surface area contributed by atoms with E-state index >= 15 is 0 Å². The Balaban J connectivity index is 1.37. The fraction of sp³-hybridized carbons (Fsp3) is 0.250. The van der Waals surface area contributed by atoms with Gasteiger partial charge in [-0.25, -0.2) is 0 Å². The van der Waals surface area contributed by atoms with Crippen molar-refractivity contribution < 1.29 is 0 Å². The van der Waals surface area contributed by atoms with Crippen molar-refractivity contribution in [2.45, 2.75) is 6.54 Å². The number of hydrogen-bond acceptors (Lipinski definition) is 4. The second-order valence-corrected chi connectivity index (χ2v) is 6.73. The van der Waals surface area contributed by atoms with E-state index in [0.29, 0.717) is 6.54 Å². The molecule has 132 valence electrons. The lowest BCUT2D eigenvalue weighted by Crippen LogP contribution is -2.51. The zero-order valence-corrected chi connectivity index (χ0v) is 15.3. The molecule has 1 aromatic carbocycles. The molecule has 2 aromatic heterocycles. The van der Waals surface area contributed by atoms with Gasteiger partial charge in [0.25, 0.3) is 0 Å². The van der Waals surface area contributed by atoms with E-state index < -0.39 is 0 Å². The van der Waals surface area contributed by atoms with Gasteiger partial charge in [-0.05, 0) is 36.0 Å². The second-order valence-electron chi connectivity index (χ2n) is 6.34. The van der Waals surface area contributed by atoms with Gasteiger partial charge in [-0.2, -0.15) is 0 Å². The molecule has 0 spiro atoms. The Kier molecular flexibility index (Phi) is 4.93. The molecule has 1 saturated heterocycles. The van der Waals surface area contributed by atoms with Gasteiger partial charge in [0.15, 0.2) is 5.11 Å². The molecule has 4 rings (SSSR count). The summed E-state index contributed by atoms with van der Waals surface area (Å²) in [6.45, 7) is 4.43. The molecule has 3 heterocycles. The summed E-state index contributed by atoms with van der Waals surface area (Å²) in [7, 11) is 0. The molecule has 1 N–H and O–H groups in total. The van der Waals surface area contributed by atoms with Crippen LogP contribution in [-0.4, -0.2) is 46.2 Å². The van der Waals surface area contributed by atoms with Crippen LogP contribution in [-0.2, 0) is 6.54 Å². The summed E-state index contributed by atoms with van der Waals surface area (Å²) in [5.41, 5.74) is 3.43. The lowest BCUT2D eigenvalue weighted by molar-refractivity contribution is 0.380. The third-order valence-electron chi connectivity index (χ3n) is 4.70. The van der Waals surface area contributed by atoms with Crippen LogP contribution < -0.4 is 10.2 Å². The first-order valence-corrected chi connectivity index (χ1v) is 9.22. The average Bonchev–Trinajstić information content (AvgIpc) is 2.72. The van der Waals surface area contributed by atoms with E-state index in [4.69, 9.17) is 12.2 Å². The minimum Gasteiger partial charge on any atom is -0.367 e. The summed E-state index contributed by atoms with van der Waals surface area (Å²) < 4.78 is 0. The first-order valence-electron chi connectivity index (χ1n) is 8.81. The van der Waals surface area contributed by atoms with Crippen molar-refractivity contribution in [3.63, 3.8) is 0 Å². The molecule has 26 heavy (non-hydrogen) atoms. The number of aromatic nitrogens is 2. The number of fused-ring (bicyclic) bond motifs is 1. The summed E-state index contributed by atoms with van der Waals surface area (Å²) in [5.74, 6) is 0. The van der Waals surface area contributed by atoms with E-state index in [1.54, 1.807) is 6.20 Å². The molecule has 1 fully saturated rings. The van der Waals surface area contributed by atoms with Crippen LogP contribution in [0.2, 0.25) is 0 Å². The molecule has 1 aliphatic rings. The summed E-state index contributed by atoms with van der Waals surface area (Å²) >= 11 is 5.57. The van der Waals surface area contributed by atoms with Gasteiger partial charge >= 0.3 is 0 Å². The third kappa shape index (κ3) is 3.60. The van der Waals surface area contributed by atoms with E-state index in [2.05, 4.69) is 55.4 Å². The molecule has 3 aromatic rings. The minimum atomic E-state index is 0.710. The van der Waals surface area contributed by atoms with Crippen LogP contribution in [0, 0.1) is 0 Å². The first kappa shape index (κ1) is 16.7. The Morgan fingerprint density at radius 3 is 2.65 bits per heavy atom.